The molecule has 0 radical (unpaired) electrons. The second-order valence-electron chi connectivity index (χ2n) is 7.67. The molecule has 0 amide bonds. The molecule has 0 unspecified atom stereocenters. The zero-order chi connectivity index (χ0) is 16.0. The van der Waals surface area contributed by atoms with Crippen molar-refractivity contribution >= 4 is 0 Å². The van der Waals surface area contributed by atoms with E-state index in [1.807, 2.05) is 12.1 Å². The molecule has 2 aliphatic carbocycles. The van der Waals surface area contributed by atoms with Gasteiger partial charge in [-0.2, -0.15) is 0 Å². The van der Waals surface area contributed by atoms with Crippen LogP contribution in [0.15, 0.2) is 24.3 Å². The van der Waals surface area contributed by atoms with Crippen LogP contribution in [0.1, 0.15) is 24.5 Å². The Morgan fingerprint density at radius 2 is 2.17 bits per heavy atom. The van der Waals surface area contributed by atoms with Gasteiger partial charge in [-0.1, -0.05) is 18.2 Å². The van der Waals surface area contributed by atoms with E-state index in [4.69, 9.17) is 9.47 Å². The monoisotopic (exact) mass is 313 g/mol. The maximum Gasteiger partial charge on any atom is 0.166 e. The largest absolute Gasteiger partial charge is 0.493 e. The Kier molecular flexibility index (Phi) is 2.48. The molecule has 1 aromatic rings. The van der Waals surface area contributed by atoms with E-state index in [0.717, 1.165) is 30.9 Å². The third-order valence-corrected chi connectivity index (χ3v) is 6.98. The van der Waals surface area contributed by atoms with E-state index in [0.29, 0.717) is 12.0 Å². The van der Waals surface area contributed by atoms with E-state index in [1.54, 1.807) is 7.11 Å². The van der Waals surface area contributed by atoms with Gasteiger partial charge in [-0.3, -0.25) is 0 Å². The third kappa shape index (κ3) is 1.33. The number of benzene rings is 1. The van der Waals surface area contributed by atoms with Crippen LogP contribution in [0.2, 0.25) is 0 Å². The average molecular weight is 313 g/mol. The van der Waals surface area contributed by atoms with Crippen molar-refractivity contribution in [1.82, 2.24) is 4.90 Å². The van der Waals surface area contributed by atoms with E-state index in [2.05, 4.69) is 31.0 Å². The smallest absolute Gasteiger partial charge is 0.166 e. The summed E-state index contributed by atoms with van der Waals surface area (Å²) in [6.07, 6.45) is 5.64. The van der Waals surface area contributed by atoms with Crippen LogP contribution in [0.3, 0.4) is 0 Å². The number of aliphatic hydroxyl groups excluding tert-OH is 1. The number of rotatable bonds is 1. The molecule has 5 atom stereocenters. The van der Waals surface area contributed by atoms with E-state index >= 15 is 0 Å². The van der Waals surface area contributed by atoms with Crippen LogP contribution in [-0.4, -0.2) is 48.5 Å². The van der Waals surface area contributed by atoms with Crippen molar-refractivity contribution in [2.24, 2.45) is 5.92 Å². The van der Waals surface area contributed by atoms with Crippen molar-refractivity contribution in [1.29, 1.82) is 0 Å². The first kappa shape index (κ1) is 13.9. The molecule has 5 rings (SSSR count). The summed E-state index contributed by atoms with van der Waals surface area (Å²) < 4.78 is 12.1. The molecular weight excluding hydrogens is 290 g/mol. The van der Waals surface area contributed by atoms with Gasteiger partial charge in [0, 0.05) is 17.5 Å². The Bertz CT molecular complexity index is 730. The molecule has 1 saturated heterocycles. The van der Waals surface area contributed by atoms with Crippen LogP contribution in [-0.2, 0) is 11.8 Å². The lowest BCUT2D eigenvalue weighted by atomic mass is 9.49. The van der Waals surface area contributed by atoms with Crippen LogP contribution in [0.25, 0.3) is 0 Å². The highest BCUT2D eigenvalue weighted by molar-refractivity contribution is 5.63. The number of aliphatic hydroxyl groups is 1. The summed E-state index contributed by atoms with van der Waals surface area (Å²) in [7, 11) is 3.91. The minimum Gasteiger partial charge on any atom is -0.493 e. The van der Waals surface area contributed by atoms with Crippen molar-refractivity contribution in [2.45, 2.75) is 42.9 Å². The molecule has 0 aromatic heterocycles. The van der Waals surface area contributed by atoms with Gasteiger partial charge in [0.05, 0.1) is 12.5 Å². The van der Waals surface area contributed by atoms with Crippen LogP contribution in [0.4, 0.5) is 0 Å². The quantitative estimate of drug-likeness (QED) is 0.804. The Labute approximate surface area is 136 Å². The van der Waals surface area contributed by atoms with Crippen LogP contribution in [0.5, 0.6) is 11.5 Å². The van der Waals surface area contributed by atoms with E-state index < -0.39 is 11.7 Å². The topological polar surface area (TPSA) is 41.9 Å². The predicted molar refractivity (Wildman–Crippen MR) is 87.1 cm³/mol. The molecule has 2 heterocycles. The second-order valence-corrected chi connectivity index (χ2v) is 7.67. The highest BCUT2D eigenvalue weighted by atomic mass is 16.5. The molecule has 1 aromatic carbocycles. The molecule has 4 heteroatoms. The number of ether oxygens (including phenoxy) is 2. The lowest BCUT2D eigenvalue weighted by molar-refractivity contribution is -0.110. The number of nitrogens with zero attached hydrogens (tertiary/aromatic N) is 1. The zero-order valence-electron chi connectivity index (χ0n) is 13.9. The lowest BCUT2D eigenvalue weighted by Gasteiger charge is -2.60. The molecule has 0 saturated carbocycles. The van der Waals surface area contributed by atoms with Gasteiger partial charge < -0.3 is 19.5 Å². The molecule has 23 heavy (non-hydrogen) atoms. The van der Waals surface area contributed by atoms with Gasteiger partial charge in [0.2, 0.25) is 0 Å². The third-order valence-electron chi connectivity index (χ3n) is 6.98. The van der Waals surface area contributed by atoms with Crippen molar-refractivity contribution in [3.8, 4) is 11.5 Å². The van der Waals surface area contributed by atoms with Crippen molar-refractivity contribution in [3.05, 3.63) is 35.4 Å². The fraction of sp³-hybridized carbons (Fsp3) is 0.579. The minimum absolute atomic E-state index is 0.143. The van der Waals surface area contributed by atoms with Gasteiger partial charge in [-0.05, 0) is 45.0 Å². The highest BCUT2D eigenvalue weighted by Crippen LogP contribution is 2.66. The molecule has 1 spiro atoms. The Balaban J connectivity index is 1.87. The summed E-state index contributed by atoms with van der Waals surface area (Å²) in [6.45, 7) is 3.13. The van der Waals surface area contributed by atoms with Crippen molar-refractivity contribution in [2.75, 3.05) is 20.7 Å². The fourth-order valence-corrected chi connectivity index (χ4v) is 5.77. The molecule has 2 aliphatic heterocycles. The molecule has 122 valence electrons. The SMILES string of the molecule is COc1ccc2c3c1O[C@@]1(C)[C@@H](O)C=C[C@H]4[C@@H](C2)N(C)CC[C@@]341. The van der Waals surface area contributed by atoms with Crippen LogP contribution >= 0.6 is 0 Å². The highest BCUT2D eigenvalue weighted by Gasteiger charge is 2.70. The number of likely N-dealkylation sites (tertiary alicyclic amines) is 1. The van der Waals surface area contributed by atoms with E-state index in [-0.39, 0.29) is 5.41 Å². The maximum atomic E-state index is 10.8. The van der Waals surface area contributed by atoms with Crippen molar-refractivity contribution < 1.29 is 14.6 Å². The standard InChI is InChI=1S/C19H23NO3/c1-18-15(21)7-5-12-13-10-11-4-6-14(22-3)17(23-18)16(11)19(12,18)8-9-20(13)2/h4-7,12-13,15,21H,8-10H2,1-3H3/t12-,13+,15-,18-,19-/m0/s1. The average Bonchev–Trinajstić information content (AvgIpc) is 2.82. The van der Waals surface area contributed by atoms with Gasteiger partial charge in [-0.25, -0.2) is 0 Å². The first-order chi connectivity index (χ1) is 11.0. The molecule has 1 fully saturated rings. The second kappa shape index (κ2) is 4.11. The molecule has 2 bridgehead atoms. The van der Waals surface area contributed by atoms with Gasteiger partial charge in [0.1, 0.15) is 11.7 Å². The summed E-state index contributed by atoms with van der Waals surface area (Å²) in [5.41, 5.74) is 1.91. The maximum absolute atomic E-state index is 10.8. The Hall–Kier alpha value is -1.52. The van der Waals surface area contributed by atoms with Gasteiger partial charge in [0.15, 0.2) is 11.5 Å². The number of methoxy groups -OCH3 is 1. The molecule has 4 aliphatic rings. The van der Waals surface area contributed by atoms with Gasteiger partial charge >= 0.3 is 0 Å². The summed E-state index contributed by atoms with van der Waals surface area (Å²) >= 11 is 0. The number of likely N-dealkylation sites (N-methyl/N-ethyl adjacent to an activating group) is 1. The predicted octanol–water partition coefficient (Wildman–Crippen LogP) is 1.89. The Morgan fingerprint density at radius 3 is 2.96 bits per heavy atom. The summed E-state index contributed by atoms with van der Waals surface area (Å²) in [4.78, 5) is 2.48. The number of hydrogen-bond donors (Lipinski definition) is 1. The zero-order valence-corrected chi connectivity index (χ0v) is 13.9. The van der Waals surface area contributed by atoms with Crippen LogP contribution < -0.4 is 9.47 Å². The first-order valence-electron chi connectivity index (χ1n) is 8.49. The summed E-state index contributed by atoms with van der Waals surface area (Å²) in [5, 5.41) is 10.8. The number of piperidine rings is 1. The van der Waals surface area contributed by atoms with Gasteiger partial charge in [-0.15, -0.1) is 0 Å². The van der Waals surface area contributed by atoms with E-state index in [9.17, 15) is 5.11 Å². The van der Waals surface area contributed by atoms with E-state index in [1.165, 1.54) is 11.1 Å². The fourth-order valence-electron chi connectivity index (χ4n) is 5.77. The van der Waals surface area contributed by atoms with Gasteiger partial charge in [0.25, 0.3) is 0 Å². The van der Waals surface area contributed by atoms with Crippen molar-refractivity contribution in [3.63, 3.8) is 0 Å². The molecular formula is C19H23NO3. The summed E-state index contributed by atoms with van der Waals surface area (Å²) in [6, 6.07) is 4.69. The molecule has 1 N–H and O–H groups in total. The normalized spacial score (nSPS) is 43.0. The summed E-state index contributed by atoms with van der Waals surface area (Å²) in [5.74, 6) is 2.04. The van der Waals surface area contributed by atoms with Crippen LogP contribution in [0, 0.1) is 5.92 Å². The lowest BCUT2D eigenvalue weighted by Crippen LogP contribution is -2.70. The molecule has 4 nitrogen and oxygen atoms in total. The Morgan fingerprint density at radius 1 is 1.35 bits per heavy atom. The first-order valence-corrected chi connectivity index (χ1v) is 8.49. The minimum atomic E-state index is -0.613. The number of hydrogen-bond acceptors (Lipinski definition) is 4.